The molecule has 6 amide bonds. The van der Waals surface area contributed by atoms with E-state index < -0.39 is 47.7 Å². The van der Waals surface area contributed by atoms with E-state index in [1.165, 1.54) is 7.05 Å². The van der Waals surface area contributed by atoms with Gasteiger partial charge in [-0.1, -0.05) is 74.5 Å². The lowest BCUT2D eigenvalue weighted by atomic mass is 10.0. The number of nitrogens with one attached hydrogen (secondary N) is 5. The Bertz CT molecular complexity index is 1290. The molecular weight excluding hydrogens is 594 g/mol. The summed E-state index contributed by atoms with van der Waals surface area (Å²) in [6, 6.07) is 16.3. The number of nitrogens with two attached hydrogens (primary N) is 1. The average Bonchev–Trinajstić information content (AvgIpc) is 3.04. The molecule has 2 unspecified atom stereocenters. The van der Waals surface area contributed by atoms with Gasteiger partial charge in [0, 0.05) is 26.6 Å². The Morgan fingerprint density at radius 1 is 0.739 bits per heavy atom. The van der Waals surface area contributed by atoms with Crippen molar-refractivity contribution in [3.05, 3.63) is 71.8 Å². The Kier molecular flexibility index (Phi) is 16.3. The van der Waals surface area contributed by atoms with Crippen LogP contribution in [-0.4, -0.2) is 92.4 Å². The van der Waals surface area contributed by atoms with Crippen molar-refractivity contribution in [2.45, 2.75) is 45.4 Å². The highest BCUT2D eigenvalue weighted by atomic mass is 16.6. The van der Waals surface area contributed by atoms with Gasteiger partial charge in [0.05, 0.1) is 13.1 Å². The second-order valence-corrected chi connectivity index (χ2v) is 11.0. The molecule has 7 N–H and O–H groups in total. The fourth-order valence-corrected chi connectivity index (χ4v) is 4.21. The Balaban J connectivity index is 1.77. The van der Waals surface area contributed by atoms with Gasteiger partial charge in [-0.3, -0.25) is 24.0 Å². The summed E-state index contributed by atoms with van der Waals surface area (Å²) in [6.45, 7) is 3.14. The van der Waals surface area contributed by atoms with Gasteiger partial charge >= 0.3 is 6.09 Å². The molecule has 0 radical (unpaired) electrons. The molecule has 2 rings (SSSR count). The van der Waals surface area contributed by atoms with Crippen molar-refractivity contribution in [2.75, 3.05) is 39.8 Å². The third kappa shape index (κ3) is 14.7. The van der Waals surface area contributed by atoms with Crippen LogP contribution in [0.2, 0.25) is 0 Å². The molecule has 0 aliphatic rings. The molecule has 0 bridgehead atoms. The first-order valence-corrected chi connectivity index (χ1v) is 15.0. The molecule has 0 aromatic heterocycles. The minimum absolute atomic E-state index is 0.0319. The van der Waals surface area contributed by atoms with Crippen LogP contribution in [0.4, 0.5) is 4.79 Å². The third-order valence-electron chi connectivity index (χ3n) is 6.55. The van der Waals surface area contributed by atoms with Crippen LogP contribution >= 0.6 is 0 Å². The van der Waals surface area contributed by atoms with Crippen LogP contribution in [0.15, 0.2) is 60.7 Å². The second-order valence-electron chi connectivity index (χ2n) is 11.0. The van der Waals surface area contributed by atoms with Gasteiger partial charge in [-0.25, -0.2) is 4.79 Å². The van der Waals surface area contributed by atoms with Crippen molar-refractivity contribution in [3.63, 3.8) is 0 Å². The highest BCUT2D eigenvalue weighted by Crippen LogP contribution is 2.08. The van der Waals surface area contributed by atoms with E-state index in [2.05, 4.69) is 26.6 Å². The van der Waals surface area contributed by atoms with E-state index in [1.54, 1.807) is 0 Å². The largest absolute Gasteiger partial charge is 0.445 e. The van der Waals surface area contributed by atoms with Crippen LogP contribution < -0.4 is 32.3 Å². The SMILES string of the molecule is CC(C)CC(NC(=O)C(Cc1ccccc1)NC(=O)CN)C(=O)NCC(=O)NCCNC(=O)CN(C)C(=O)OCc1ccccc1. The number of likely N-dealkylation sites (N-methyl/N-ethyl adjacent to an activating group) is 1. The first kappa shape index (κ1) is 37.2. The van der Waals surface area contributed by atoms with Crippen molar-refractivity contribution in [3.8, 4) is 0 Å². The van der Waals surface area contributed by atoms with Gasteiger partial charge in [0.2, 0.25) is 29.5 Å². The molecule has 0 spiro atoms. The van der Waals surface area contributed by atoms with E-state index in [0.29, 0.717) is 6.42 Å². The highest BCUT2D eigenvalue weighted by molar-refractivity contribution is 5.93. The summed E-state index contributed by atoms with van der Waals surface area (Å²) in [5.41, 5.74) is 7.06. The van der Waals surface area contributed by atoms with E-state index in [1.807, 2.05) is 74.5 Å². The maximum atomic E-state index is 13.2. The monoisotopic (exact) mass is 639 g/mol. The molecule has 0 fully saturated rings. The number of nitrogens with zero attached hydrogens (tertiary/aromatic N) is 1. The smallest absolute Gasteiger partial charge is 0.410 e. The van der Waals surface area contributed by atoms with Crippen molar-refractivity contribution in [1.82, 2.24) is 31.5 Å². The summed E-state index contributed by atoms with van der Waals surface area (Å²) in [7, 11) is 1.44. The summed E-state index contributed by atoms with van der Waals surface area (Å²) in [5, 5.41) is 13.0. The zero-order valence-electron chi connectivity index (χ0n) is 26.5. The van der Waals surface area contributed by atoms with Crippen molar-refractivity contribution >= 4 is 35.6 Å². The molecule has 14 heteroatoms. The quantitative estimate of drug-likeness (QED) is 0.121. The van der Waals surface area contributed by atoms with Crippen LogP contribution in [0, 0.1) is 5.92 Å². The standard InChI is InChI=1S/C32H45N7O7/c1-22(2)16-25(38-31(44)26(37-27(40)18-33)17-23-10-6-4-7-11-23)30(43)36-19-28(41)34-14-15-35-29(42)20-39(3)32(45)46-21-24-12-8-5-9-13-24/h4-13,22,25-26H,14-21,33H2,1-3H3,(H,34,41)(H,35,42)(H,36,43)(H,37,40)(H,38,44). The predicted octanol–water partition coefficient (Wildman–Crippen LogP) is -0.179. The molecule has 2 atom stereocenters. The third-order valence-corrected chi connectivity index (χ3v) is 6.55. The molecule has 0 aliphatic carbocycles. The molecule has 2 aromatic rings. The molecular formula is C32H45N7O7. The molecule has 0 saturated heterocycles. The van der Waals surface area contributed by atoms with Gasteiger partial charge < -0.3 is 42.0 Å². The summed E-state index contributed by atoms with van der Waals surface area (Å²) in [4.78, 5) is 75.9. The van der Waals surface area contributed by atoms with Gasteiger partial charge in [0.1, 0.15) is 25.2 Å². The van der Waals surface area contributed by atoms with Gasteiger partial charge in [0.25, 0.3) is 0 Å². The van der Waals surface area contributed by atoms with E-state index in [-0.39, 0.29) is 51.7 Å². The Morgan fingerprint density at radius 2 is 1.33 bits per heavy atom. The predicted molar refractivity (Wildman–Crippen MR) is 171 cm³/mol. The molecule has 250 valence electrons. The first-order valence-electron chi connectivity index (χ1n) is 15.0. The lowest BCUT2D eigenvalue weighted by Crippen LogP contribution is -2.56. The maximum absolute atomic E-state index is 13.2. The average molecular weight is 640 g/mol. The lowest BCUT2D eigenvalue weighted by molar-refractivity contribution is -0.132. The fourth-order valence-electron chi connectivity index (χ4n) is 4.21. The summed E-state index contributed by atoms with van der Waals surface area (Å²) in [5.74, 6) is -2.54. The first-order chi connectivity index (χ1) is 22.0. The van der Waals surface area contributed by atoms with E-state index >= 15 is 0 Å². The van der Waals surface area contributed by atoms with E-state index in [9.17, 15) is 28.8 Å². The number of hydrogen-bond acceptors (Lipinski definition) is 8. The molecule has 2 aromatic carbocycles. The number of benzene rings is 2. The van der Waals surface area contributed by atoms with Gasteiger partial charge in [-0.2, -0.15) is 0 Å². The second kappa shape index (κ2) is 20.1. The Labute approximate surface area is 269 Å². The molecule has 46 heavy (non-hydrogen) atoms. The van der Waals surface area contributed by atoms with Crippen LogP contribution in [0.1, 0.15) is 31.4 Å². The fraction of sp³-hybridized carbons (Fsp3) is 0.438. The molecule has 0 saturated carbocycles. The highest BCUT2D eigenvalue weighted by Gasteiger charge is 2.27. The lowest BCUT2D eigenvalue weighted by Gasteiger charge is -2.24. The number of ether oxygens (including phenoxy) is 1. The molecule has 0 heterocycles. The number of amides is 6. The van der Waals surface area contributed by atoms with Crippen LogP contribution in [0.3, 0.4) is 0 Å². The van der Waals surface area contributed by atoms with Crippen molar-refractivity contribution in [2.24, 2.45) is 11.7 Å². The minimum atomic E-state index is -0.959. The van der Waals surface area contributed by atoms with E-state index in [4.69, 9.17) is 10.5 Å². The van der Waals surface area contributed by atoms with Crippen LogP contribution in [-0.2, 0) is 41.7 Å². The Hall–Kier alpha value is -4.98. The normalized spacial score (nSPS) is 11.8. The molecule has 14 nitrogen and oxygen atoms in total. The summed E-state index contributed by atoms with van der Waals surface area (Å²) in [6.07, 6.45) is -0.160. The maximum Gasteiger partial charge on any atom is 0.410 e. The zero-order valence-corrected chi connectivity index (χ0v) is 26.5. The van der Waals surface area contributed by atoms with Crippen LogP contribution in [0.25, 0.3) is 0 Å². The number of carbonyl (C=O) groups excluding carboxylic acids is 6. The van der Waals surface area contributed by atoms with Gasteiger partial charge in [0.15, 0.2) is 0 Å². The van der Waals surface area contributed by atoms with E-state index in [0.717, 1.165) is 16.0 Å². The van der Waals surface area contributed by atoms with Crippen molar-refractivity contribution < 1.29 is 33.5 Å². The van der Waals surface area contributed by atoms with Gasteiger partial charge in [-0.05, 0) is 23.5 Å². The number of rotatable bonds is 18. The topological polar surface area (TPSA) is 201 Å². The number of carbonyl (C=O) groups is 6. The molecule has 0 aliphatic heterocycles. The summed E-state index contributed by atoms with van der Waals surface area (Å²) >= 11 is 0. The Morgan fingerprint density at radius 3 is 1.91 bits per heavy atom. The summed E-state index contributed by atoms with van der Waals surface area (Å²) < 4.78 is 5.18. The van der Waals surface area contributed by atoms with Gasteiger partial charge in [-0.15, -0.1) is 0 Å². The van der Waals surface area contributed by atoms with Crippen molar-refractivity contribution in [1.29, 1.82) is 0 Å². The minimum Gasteiger partial charge on any atom is -0.445 e. The zero-order chi connectivity index (χ0) is 33.9. The van der Waals surface area contributed by atoms with Crippen LogP contribution in [0.5, 0.6) is 0 Å². The number of hydrogen-bond donors (Lipinski definition) is 6.